The molecule has 1 aliphatic heterocycles. The van der Waals surface area contributed by atoms with Crippen molar-refractivity contribution < 1.29 is 14.4 Å². The smallest absolute Gasteiger partial charge is 0.325 e. The molecule has 1 aromatic rings. The van der Waals surface area contributed by atoms with E-state index in [1.807, 2.05) is 6.92 Å². The van der Waals surface area contributed by atoms with E-state index in [4.69, 9.17) is 23.2 Å². The van der Waals surface area contributed by atoms with Crippen LogP contribution in [0.25, 0.3) is 0 Å². The Morgan fingerprint density at radius 2 is 2.11 bits per heavy atom. The number of benzene rings is 1. The van der Waals surface area contributed by atoms with E-state index in [0.29, 0.717) is 22.0 Å². The van der Waals surface area contributed by atoms with Crippen LogP contribution in [0.15, 0.2) is 18.2 Å². The molecule has 0 aromatic heterocycles. The third-order valence-corrected chi connectivity index (χ3v) is 6.17. The number of imide groups is 1. The third kappa shape index (κ3) is 3.78. The number of carbonyl (C=O) groups is 3. The van der Waals surface area contributed by atoms with Gasteiger partial charge in [-0.05, 0) is 43.4 Å². The molecule has 1 spiro atoms. The molecule has 2 N–H and O–H groups in total. The molecule has 27 heavy (non-hydrogen) atoms. The fourth-order valence-electron chi connectivity index (χ4n) is 4.00. The molecule has 2 aliphatic rings. The number of amides is 4. The van der Waals surface area contributed by atoms with Crippen molar-refractivity contribution >= 4 is 41.0 Å². The summed E-state index contributed by atoms with van der Waals surface area (Å²) in [6.45, 7) is 3.45. The van der Waals surface area contributed by atoms with Crippen molar-refractivity contribution in [3.05, 3.63) is 33.8 Å². The van der Waals surface area contributed by atoms with Gasteiger partial charge in [0.05, 0.1) is 6.04 Å². The number of rotatable bonds is 4. The zero-order valence-corrected chi connectivity index (χ0v) is 16.9. The standard InChI is InChI=1S/C19H23Cl2N3O3/c1-11-5-3-4-8-19(11)17(26)24(18(27)23-19)10-16(25)22-12(2)14-7-6-13(20)9-15(14)21/h6-7,9,11-12H,3-5,8,10H2,1-2H3,(H,22,25)(H,23,27)/t11-,12+,19+/m1/s1. The Labute approximate surface area is 168 Å². The van der Waals surface area contributed by atoms with Crippen molar-refractivity contribution in [2.75, 3.05) is 6.54 Å². The molecule has 0 bridgehead atoms. The van der Waals surface area contributed by atoms with Gasteiger partial charge >= 0.3 is 6.03 Å². The minimum atomic E-state index is -0.860. The highest BCUT2D eigenvalue weighted by Crippen LogP contribution is 2.38. The summed E-state index contributed by atoms with van der Waals surface area (Å²) in [4.78, 5) is 38.7. The van der Waals surface area contributed by atoms with Gasteiger partial charge in [0, 0.05) is 10.0 Å². The van der Waals surface area contributed by atoms with Crippen molar-refractivity contribution in [1.29, 1.82) is 0 Å². The van der Waals surface area contributed by atoms with E-state index in [2.05, 4.69) is 10.6 Å². The lowest BCUT2D eigenvalue weighted by molar-refractivity contribution is -0.137. The van der Waals surface area contributed by atoms with Crippen LogP contribution in [0.2, 0.25) is 10.0 Å². The molecule has 3 atom stereocenters. The fourth-order valence-corrected chi connectivity index (χ4v) is 4.57. The predicted octanol–water partition coefficient (Wildman–Crippen LogP) is 3.67. The summed E-state index contributed by atoms with van der Waals surface area (Å²) in [6, 6.07) is 4.15. The van der Waals surface area contributed by atoms with Crippen LogP contribution in [0.5, 0.6) is 0 Å². The molecule has 0 unspecified atom stereocenters. The second kappa shape index (κ2) is 7.68. The second-order valence-corrected chi connectivity index (χ2v) is 8.24. The molecule has 1 aromatic carbocycles. The van der Waals surface area contributed by atoms with Gasteiger partial charge in [0.25, 0.3) is 5.91 Å². The number of hydrogen-bond acceptors (Lipinski definition) is 3. The Morgan fingerprint density at radius 1 is 1.37 bits per heavy atom. The molecule has 1 heterocycles. The first-order valence-corrected chi connectivity index (χ1v) is 9.88. The number of hydrogen-bond donors (Lipinski definition) is 2. The molecule has 3 rings (SSSR count). The quantitative estimate of drug-likeness (QED) is 0.741. The van der Waals surface area contributed by atoms with Crippen LogP contribution in [-0.2, 0) is 9.59 Å². The Kier molecular flexibility index (Phi) is 5.68. The summed E-state index contributed by atoms with van der Waals surface area (Å²) < 4.78 is 0. The Balaban J connectivity index is 1.67. The summed E-state index contributed by atoms with van der Waals surface area (Å²) >= 11 is 12.1. The van der Waals surface area contributed by atoms with Crippen LogP contribution in [-0.4, -0.2) is 34.8 Å². The van der Waals surface area contributed by atoms with Crippen LogP contribution in [0.4, 0.5) is 4.79 Å². The largest absolute Gasteiger partial charge is 0.348 e. The Bertz CT molecular complexity index is 785. The molecule has 146 valence electrons. The molecule has 4 amide bonds. The first kappa shape index (κ1) is 20.0. The number of nitrogens with zero attached hydrogens (tertiary/aromatic N) is 1. The number of halogens is 2. The maximum Gasteiger partial charge on any atom is 0.325 e. The van der Waals surface area contributed by atoms with Gasteiger partial charge < -0.3 is 10.6 Å². The minimum Gasteiger partial charge on any atom is -0.348 e. The highest BCUT2D eigenvalue weighted by Gasteiger charge is 2.55. The predicted molar refractivity (Wildman–Crippen MR) is 104 cm³/mol. The van der Waals surface area contributed by atoms with Gasteiger partial charge in [0.2, 0.25) is 5.91 Å². The number of nitrogens with one attached hydrogen (secondary N) is 2. The van der Waals surface area contributed by atoms with Crippen molar-refractivity contribution in [2.24, 2.45) is 5.92 Å². The number of carbonyl (C=O) groups excluding carboxylic acids is 3. The van der Waals surface area contributed by atoms with Crippen molar-refractivity contribution in [2.45, 2.75) is 51.1 Å². The lowest BCUT2D eigenvalue weighted by Gasteiger charge is -2.36. The zero-order chi connectivity index (χ0) is 19.8. The molecular weight excluding hydrogens is 389 g/mol. The Hall–Kier alpha value is -1.79. The molecule has 1 saturated heterocycles. The van der Waals surface area contributed by atoms with Crippen molar-refractivity contribution in [1.82, 2.24) is 15.5 Å². The molecule has 6 nitrogen and oxygen atoms in total. The molecule has 2 fully saturated rings. The van der Waals surface area contributed by atoms with Gasteiger partial charge in [-0.1, -0.05) is 49.0 Å². The van der Waals surface area contributed by atoms with Gasteiger partial charge in [-0.3, -0.25) is 14.5 Å². The molecule has 1 aliphatic carbocycles. The lowest BCUT2D eigenvalue weighted by atomic mass is 9.73. The SMILES string of the molecule is C[C@H](NC(=O)CN1C(=O)N[C@]2(CCCC[C@H]2C)C1=O)c1ccc(Cl)cc1Cl. The van der Waals surface area contributed by atoms with Crippen LogP contribution >= 0.6 is 23.2 Å². The highest BCUT2D eigenvalue weighted by molar-refractivity contribution is 6.35. The van der Waals surface area contributed by atoms with Crippen molar-refractivity contribution in [3.63, 3.8) is 0 Å². The maximum absolute atomic E-state index is 12.9. The maximum atomic E-state index is 12.9. The summed E-state index contributed by atoms with van der Waals surface area (Å²) in [5.74, 6) is -0.660. The normalized spacial score (nSPS) is 26.2. The van der Waals surface area contributed by atoms with Crippen LogP contribution < -0.4 is 10.6 Å². The Morgan fingerprint density at radius 3 is 2.78 bits per heavy atom. The number of urea groups is 1. The monoisotopic (exact) mass is 411 g/mol. The third-order valence-electron chi connectivity index (χ3n) is 5.61. The van der Waals surface area contributed by atoms with Crippen molar-refractivity contribution in [3.8, 4) is 0 Å². The van der Waals surface area contributed by atoms with E-state index >= 15 is 0 Å². The molecule has 8 heteroatoms. The van der Waals surface area contributed by atoms with Crippen LogP contribution in [0.3, 0.4) is 0 Å². The van der Waals surface area contributed by atoms with E-state index < -0.39 is 17.5 Å². The fraction of sp³-hybridized carbons (Fsp3) is 0.526. The van der Waals surface area contributed by atoms with Crippen LogP contribution in [0.1, 0.15) is 51.1 Å². The average molecular weight is 412 g/mol. The second-order valence-electron chi connectivity index (χ2n) is 7.39. The topological polar surface area (TPSA) is 78.5 Å². The van der Waals surface area contributed by atoms with E-state index in [1.54, 1.807) is 25.1 Å². The first-order valence-electron chi connectivity index (χ1n) is 9.13. The van der Waals surface area contributed by atoms with Crippen LogP contribution in [0, 0.1) is 5.92 Å². The van der Waals surface area contributed by atoms with Gasteiger partial charge in [-0.2, -0.15) is 0 Å². The lowest BCUT2D eigenvalue weighted by Crippen LogP contribution is -2.54. The first-order chi connectivity index (χ1) is 12.7. The van der Waals surface area contributed by atoms with E-state index in [1.165, 1.54) is 0 Å². The van der Waals surface area contributed by atoms with E-state index in [-0.39, 0.29) is 24.4 Å². The van der Waals surface area contributed by atoms with Gasteiger partial charge in [-0.15, -0.1) is 0 Å². The van der Waals surface area contributed by atoms with Gasteiger partial charge in [-0.25, -0.2) is 4.79 Å². The van der Waals surface area contributed by atoms with E-state index in [0.717, 1.165) is 24.2 Å². The molecule has 1 saturated carbocycles. The van der Waals surface area contributed by atoms with Gasteiger partial charge in [0.15, 0.2) is 0 Å². The zero-order valence-electron chi connectivity index (χ0n) is 15.4. The summed E-state index contributed by atoms with van der Waals surface area (Å²) in [5, 5.41) is 6.59. The molecular formula is C19H23Cl2N3O3. The highest BCUT2D eigenvalue weighted by atomic mass is 35.5. The minimum absolute atomic E-state index is 0.0579. The van der Waals surface area contributed by atoms with E-state index in [9.17, 15) is 14.4 Å². The van der Waals surface area contributed by atoms with Gasteiger partial charge in [0.1, 0.15) is 12.1 Å². The molecule has 0 radical (unpaired) electrons. The summed E-state index contributed by atoms with van der Waals surface area (Å²) in [5.41, 5.74) is -0.148. The summed E-state index contributed by atoms with van der Waals surface area (Å²) in [7, 11) is 0. The summed E-state index contributed by atoms with van der Waals surface area (Å²) in [6.07, 6.45) is 3.44. The average Bonchev–Trinajstić information content (AvgIpc) is 2.82.